The Morgan fingerprint density at radius 3 is 2.45 bits per heavy atom. The Hall–Kier alpha value is -2.43. The van der Waals surface area contributed by atoms with Crippen LogP contribution in [-0.4, -0.2) is 42.0 Å². The van der Waals surface area contributed by atoms with Crippen LogP contribution in [0, 0.1) is 13.8 Å². The normalized spacial score (nSPS) is 12.0. The summed E-state index contributed by atoms with van der Waals surface area (Å²) in [6.07, 6.45) is -0.826. The van der Waals surface area contributed by atoms with E-state index in [4.69, 9.17) is 4.74 Å². The second-order valence-corrected chi connectivity index (χ2v) is 5.49. The minimum atomic E-state index is -0.826. The molecule has 0 aliphatic heterocycles. The van der Waals surface area contributed by atoms with Gasteiger partial charge >= 0.3 is 5.97 Å². The molecule has 1 heterocycles. The van der Waals surface area contributed by atoms with Crippen molar-refractivity contribution in [3.05, 3.63) is 41.1 Å². The number of ether oxygens (including phenoxy) is 1. The van der Waals surface area contributed by atoms with Crippen molar-refractivity contribution >= 4 is 22.8 Å². The van der Waals surface area contributed by atoms with Gasteiger partial charge in [0.05, 0.1) is 16.8 Å². The van der Waals surface area contributed by atoms with Crippen LogP contribution < -0.4 is 0 Å². The highest BCUT2D eigenvalue weighted by atomic mass is 16.5. The van der Waals surface area contributed by atoms with Gasteiger partial charge < -0.3 is 9.64 Å². The fourth-order valence-corrected chi connectivity index (χ4v) is 2.47. The molecule has 1 aromatic heterocycles. The van der Waals surface area contributed by atoms with Crippen molar-refractivity contribution < 1.29 is 14.3 Å². The molecular weight excluding hydrogens is 280 g/mol. The average Bonchev–Trinajstić information content (AvgIpc) is 2.46. The van der Waals surface area contributed by atoms with Gasteiger partial charge in [-0.15, -0.1) is 0 Å². The first-order valence-corrected chi connectivity index (χ1v) is 7.11. The number of aryl methyl sites for hydroxylation is 2. The lowest BCUT2D eigenvalue weighted by Crippen LogP contribution is -2.35. The molecule has 0 unspecified atom stereocenters. The molecule has 0 fully saturated rings. The number of rotatable bonds is 3. The maximum atomic E-state index is 12.4. The molecule has 0 aliphatic rings. The molecule has 0 saturated heterocycles. The minimum absolute atomic E-state index is 0.252. The number of esters is 1. The first-order valence-electron chi connectivity index (χ1n) is 7.11. The molecule has 0 saturated carbocycles. The third-order valence-electron chi connectivity index (χ3n) is 3.61. The largest absolute Gasteiger partial charge is 0.449 e. The number of benzene rings is 1. The number of nitrogens with zero attached hydrogens (tertiary/aromatic N) is 2. The molecule has 1 amide bonds. The summed E-state index contributed by atoms with van der Waals surface area (Å²) in [5.74, 6) is -0.770. The van der Waals surface area contributed by atoms with E-state index in [-0.39, 0.29) is 5.91 Å². The van der Waals surface area contributed by atoms with E-state index in [0.29, 0.717) is 11.3 Å². The van der Waals surface area contributed by atoms with E-state index in [0.717, 1.165) is 16.5 Å². The minimum Gasteiger partial charge on any atom is -0.449 e. The van der Waals surface area contributed by atoms with Crippen LogP contribution in [0.5, 0.6) is 0 Å². The number of aromatic nitrogens is 1. The summed E-state index contributed by atoms with van der Waals surface area (Å²) in [6, 6.07) is 7.63. The van der Waals surface area contributed by atoms with Crippen LogP contribution in [-0.2, 0) is 9.53 Å². The standard InChI is InChI=1S/C17H20N2O3/c1-10-13-8-6-7-9-14(13)18-11(2)15(10)17(21)22-12(3)16(20)19(4)5/h6-9,12H,1-5H3/t12-/m1/s1. The molecule has 1 atom stereocenters. The molecule has 1 aromatic carbocycles. The van der Waals surface area contributed by atoms with Gasteiger partial charge in [-0.3, -0.25) is 9.78 Å². The zero-order valence-electron chi connectivity index (χ0n) is 13.5. The number of hydrogen-bond donors (Lipinski definition) is 0. The quantitative estimate of drug-likeness (QED) is 0.817. The summed E-state index contributed by atoms with van der Waals surface area (Å²) in [4.78, 5) is 30.1. The number of carbonyl (C=O) groups excluding carboxylic acids is 2. The first kappa shape index (κ1) is 15.9. The topological polar surface area (TPSA) is 59.5 Å². The fourth-order valence-electron chi connectivity index (χ4n) is 2.47. The highest BCUT2D eigenvalue weighted by Crippen LogP contribution is 2.23. The van der Waals surface area contributed by atoms with Crippen molar-refractivity contribution in [1.82, 2.24) is 9.88 Å². The maximum Gasteiger partial charge on any atom is 0.341 e. The highest BCUT2D eigenvalue weighted by molar-refractivity contribution is 5.99. The summed E-state index contributed by atoms with van der Waals surface area (Å²) in [6.45, 7) is 5.21. The van der Waals surface area contributed by atoms with Gasteiger partial charge in [-0.1, -0.05) is 18.2 Å². The predicted octanol–water partition coefficient (Wildman–Crippen LogP) is 2.49. The third kappa shape index (κ3) is 2.93. The van der Waals surface area contributed by atoms with E-state index < -0.39 is 12.1 Å². The molecule has 0 aliphatic carbocycles. The summed E-state index contributed by atoms with van der Waals surface area (Å²) in [5, 5.41) is 0.909. The van der Waals surface area contributed by atoms with E-state index in [1.807, 2.05) is 31.2 Å². The summed E-state index contributed by atoms with van der Waals surface area (Å²) < 4.78 is 5.30. The predicted molar refractivity (Wildman–Crippen MR) is 84.8 cm³/mol. The fraction of sp³-hybridized carbons (Fsp3) is 0.353. The maximum absolute atomic E-state index is 12.4. The monoisotopic (exact) mass is 300 g/mol. The lowest BCUT2D eigenvalue weighted by Gasteiger charge is -2.18. The molecule has 116 valence electrons. The summed E-state index contributed by atoms with van der Waals surface area (Å²) in [5.41, 5.74) is 2.69. The van der Waals surface area contributed by atoms with E-state index in [1.54, 1.807) is 27.9 Å². The van der Waals surface area contributed by atoms with E-state index in [9.17, 15) is 9.59 Å². The Balaban J connectivity index is 2.38. The molecule has 5 heteroatoms. The van der Waals surface area contributed by atoms with Crippen LogP contribution in [0.15, 0.2) is 24.3 Å². The Morgan fingerprint density at radius 2 is 1.82 bits per heavy atom. The van der Waals surface area contributed by atoms with Crippen molar-refractivity contribution in [3.63, 3.8) is 0 Å². The van der Waals surface area contributed by atoms with Crippen LogP contribution in [0.3, 0.4) is 0 Å². The van der Waals surface area contributed by atoms with Crippen molar-refractivity contribution in [2.45, 2.75) is 26.9 Å². The SMILES string of the molecule is Cc1nc2ccccc2c(C)c1C(=O)O[C@H](C)C(=O)N(C)C. The van der Waals surface area contributed by atoms with Crippen LogP contribution >= 0.6 is 0 Å². The van der Waals surface area contributed by atoms with Crippen molar-refractivity contribution in [3.8, 4) is 0 Å². The average molecular weight is 300 g/mol. The number of para-hydroxylation sites is 1. The zero-order chi connectivity index (χ0) is 16.4. The van der Waals surface area contributed by atoms with Gasteiger partial charge in [0.25, 0.3) is 5.91 Å². The zero-order valence-corrected chi connectivity index (χ0v) is 13.5. The van der Waals surface area contributed by atoms with Crippen molar-refractivity contribution in [2.75, 3.05) is 14.1 Å². The second kappa shape index (κ2) is 6.13. The van der Waals surface area contributed by atoms with E-state index in [2.05, 4.69) is 4.98 Å². The lowest BCUT2D eigenvalue weighted by molar-refractivity contribution is -0.137. The van der Waals surface area contributed by atoms with Gasteiger partial charge in [0.1, 0.15) is 0 Å². The molecule has 0 bridgehead atoms. The van der Waals surface area contributed by atoms with Crippen molar-refractivity contribution in [2.24, 2.45) is 0 Å². The molecule has 2 aromatic rings. The Bertz CT molecular complexity index is 738. The Kier molecular flexibility index (Phi) is 4.45. The molecule has 0 N–H and O–H groups in total. The molecule has 2 rings (SSSR count). The Labute approximate surface area is 129 Å². The van der Waals surface area contributed by atoms with Crippen LogP contribution in [0.4, 0.5) is 0 Å². The van der Waals surface area contributed by atoms with Gasteiger partial charge in [-0.05, 0) is 32.4 Å². The van der Waals surface area contributed by atoms with Gasteiger partial charge in [0, 0.05) is 19.5 Å². The van der Waals surface area contributed by atoms with Gasteiger partial charge in [0.2, 0.25) is 0 Å². The summed E-state index contributed by atoms with van der Waals surface area (Å²) >= 11 is 0. The number of pyridine rings is 1. The number of fused-ring (bicyclic) bond motifs is 1. The third-order valence-corrected chi connectivity index (χ3v) is 3.61. The Morgan fingerprint density at radius 1 is 1.18 bits per heavy atom. The van der Waals surface area contributed by atoms with Crippen LogP contribution in [0.2, 0.25) is 0 Å². The summed E-state index contributed by atoms with van der Waals surface area (Å²) in [7, 11) is 3.25. The van der Waals surface area contributed by atoms with Crippen molar-refractivity contribution in [1.29, 1.82) is 0 Å². The second-order valence-electron chi connectivity index (χ2n) is 5.49. The van der Waals surface area contributed by atoms with Gasteiger partial charge in [-0.25, -0.2) is 4.79 Å². The molecular formula is C17H20N2O3. The number of hydrogen-bond acceptors (Lipinski definition) is 4. The lowest BCUT2D eigenvalue weighted by atomic mass is 10.0. The van der Waals surface area contributed by atoms with Gasteiger partial charge in [-0.2, -0.15) is 0 Å². The van der Waals surface area contributed by atoms with Gasteiger partial charge in [0.15, 0.2) is 6.10 Å². The molecule has 0 radical (unpaired) electrons. The molecule has 22 heavy (non-hydrogen) atoms. The smallest absolute Gasteiger partial charge is 0.341 e. The van der Waals surface area contributed by atoms with Crippen LogP contribution in [0.1, 0.15) is 28.5 Å². The molecule has 5 nitrogen and oxygen atoms in total. The first-order chi connectivity index (χ1) is 10.3. The number of carbonyl (C=O) groups is 2. The van der Waals surface area contributed by atoms with E-state index in [1.165, 1.54) is 4.90 Å². The van der Waals surface area contributed by atoms with E-state index >= 15 is 0 Å². The van der Waals surface area contributed by atoms with Crippen LogP contribution in [0.25, 0.3) is 10.9 Å². The molecule has 0 spiro atoms. The highest BCUT2D eigenvalue weighted by Gasteiger charge is 2.23. The number of amides is 1. The number of likely N-dealkylation sites (N-methyl/N-ethyl adjacent to an activating group) is 1.